The van der Waals surface area contributed by atoms with Crippen LogP contribution >= 0.6 is 0 Å². The fraction of sp³-hybridized carbons (Fsp3) is 0.467. The van der Waals surface area contributed by atoms with Gasteiger partial charge in [0.15, 0.2) is 0 Å². The summed E-state index contributed by atoms with van der Waals surface area (Å²) in [7, 11) is 2.11. The fourth-order valence-corrected chi connectivity index (χ4v) is 2.81. The van der Waals surface area contributed by atoms with Crippen molar-refractivity contribution >= 4 is 10.9 Å². The van der Waals surface area contributed by atoms with Gasteiger partial charge < -0.3 is 15.6 Å². The summed E-state index contributed by atoms with van der Waals surface area (Å²) < 4.78 is 2.20. The molecule has 0 saturated heterocycles. The Labute approximate surface area is 108 Å². The number of nitrogens with one attached hydrogen (secondary N) is 1. The van der Waals surface area contributed by atoms with Crippen molar-refractivity contribution in [3.8, 4) is 0 Å². The van der Waals surface area contributed by atoms with Crippen LogP contribution in [-0.2, 0) is 20.1 Å². The van der Waals surface area contributed by atoms with Crippen LogP contribution in [-0.4, -0.2) is 10.6 Å². The molecule has 18 heavy (non-hydrogen) atoms. The first-order valence-electron chi connectivity index (χ1n) is 6.79. The highest BCUT2D eigenvalue weighted by Gasteiger charge is 2.17. The number of rotatable bonds is 4. The summed E-state index contributed by atoms with van der Waals surface area (Å²) in [5.74, 6) is 0. The van der Waals surface area contributed by atoms with Gasteiger partial charge in [-0.25, -0.2) is 0 Å². The lowest BCUT2D eigenvalue weighted by Crippen LogP contribution is -2.34. The molecule has 1 aliphatic carbocycles. The van der Waals surface area contributed by atoms with E-state index in [-0.39, 0.29) is 0 Å². The summed E-state index contributed by atoms with van der Waals surface area (Å²) in [6.45, 7) is 1.57. The van der Waals surface area contributed by atoms with Crippen LogP contribution in [0.15, 0.2) is 24.4 Å². The fourth-order valence-electron chi connectivity index (χ4n) is 2.81. The Morgan fingerprint density at radius 2 is 2.17 bits per heavy atom. The van der Waals surface area contributed by atoms with Crippen molar-refractivity contribution in [2.45, 2.75) is 38.4 Å². The average molecular weight is 243 g/mol. The Kier molecular flexibility index (Phi) is 3.10. The maximum Gasteiger partial charge on any atom is 0.0526 e. The van der Waals surface area contributed by atoms with E-state index in [1.807, 2.05) is 0 Å². The van der Waals surface area contributed by atoms with Crippen molar-refractivity contribution in [2.24, 2.45) is 12.8 Å². The van der Waals surface area contributed by atoms with Gasteiger partial charge in [-0.3, -0.25) is 0 Å². The molecule has 1 aliphatic rings. The first kappa shape index (κ1) is 11.8. The minimum absolute atomic E-state index is 0.602. The third kappa shape index (κ3) is 1.93. The van der Waals surface area contributed by atoms with Crippen molar-refractivity contribution in [1.29, 1.82) is 0 Å². The summed E-state index contributed by atoms with van der Waals surface area (Å²) >= 11 is 0. The Morgan fingerprint density at radius 1 is 1.33 bits per heavy atom. The van der Waals surface area contributed by atoms with Gasteiger partial charge in [-0.2, -0.15) is 0 Å². The summed E-state index contributed by atoms with van der Waals surface area (Å²) in [6, 6.07) is 7.16. The molecular formula is C15H21N3. The predicted molar refractivity (Wildman–Crippen MR) is 75.3 cm³/mol. The van der Waals surface area contributed by atoms with Crippen LogP contribution in [0.2, 0.25) is 0 Å². The lowest BCUT2D eigenvalue weighted by atomic mass is 9.93. The van der Waals surface area contributed by atoms with Gasteiger partial charge in [-0.1, -0.05) is 24.6 Å². The third-order valence-electron chi connectivity index (χ3n) is 4.07. The van der Waals surface area contributed by atoms with Crippen LogP contribution in [0.4, 0.5) is 0 Å². The molecule has 0 amide bonds. The van der Waals surface area contributed by atoms with Crippen LogP contribution in [0.5, 0.6) is 0 Å². The van der Waals surface area contributed by atoms with Crippen molar-refractivity contribution in [3.05, 3.63) is 35.5 Å². The normalized spacial score (nSPS) is 16.1. The van der Waals surface area contributed by atoms with E-state index < -0.39 is 0 Å². The standard InChI is InChI=1S/C15H21N3/c1-18-10-12(9-17-13-5-3-6-13)14-7-2-4-11(8-16)15(14)18/h2,4,7,10,13,17H,3,5-6,8-9,16H2,1H3. The second kappa shape index (κ2) is 4.75. The highest BCUT2D eigenvalue weighted by Crippen LogP contribution is 2.25. The van der Waals surface area contributed by atoms with E-state index in [1.54, 1.807) is 0 Å². The quantitative estimate of drug-likeness (QED) is 0.865. The van der Waals surface area contributed by atoms with E-state index in [4.69, 9.17) is 5.73 Å². The summed E-state index contributed by atoms with van der Waals surface area (Å²) in [6.07, 6.45) is 6.28. The SMILES string of the molecule is Cn1cc(CNC2CCC2)c2cccc(CN)c21. The van der Waals surface area contributed by atoms with E-state index in [0.29, 0.717) is 6.54 Å². The highest BCUT2D eigenvalue weighted by molar-refractivity contribution is 5.86. The Bertz CT molecular complexity index is 552. The number of hydrogen-bond acceptors (Lipinski definition) is 2. The van der Waals surface area contributed by atoms with Crippen molar-refractivity contribution in [3.63, 3.8) is 0 Å². The van der Waals surface area contributed by atoms with E-state index in [2.05, 4.69) is 41.3 Å². The molecule has 1 saturated carbocycles. The zero-order valence-corrected chi connectivity index (χ0v) is 10.9. The molecule has 1 fully saturated rings. The minimum atomic E-state index is 0.602. The first-order valence-corrected chi connectivity index (χ1v) is 6.79. The van der Waals surface area contributed by atoms with Crippen LogP contribution in [0, 0.1) is 0 Å². The molecular weight excluding hydrogens is 222 g/mol. The molecule has 1 heterocycles. The number of para-hydroxylation sites is 1. The molecule has 1 aromatic carbocycles. The Morgan fingerprint density at radius 3 is 2.83 bits per heavy atom. The zero-order valence-electron chi connectivity index (χ0n) is 10.9. The molecule has 0 unspecified atom stereocenters. The Balaban J connectivity index is 1.91. The molecule has 0 bridgehead atoms. The van der Waals surface area contributed by atoms with E-state index in [1.165, 1.54) is 41.3 Å². The highest BCUT2D eigenvalue weighted by atomic mass is 15.0. The van der Waals surface area contributed by atoms with E-state index in [9.17, 15) is 0 Å². The molecule has 0 aliphatic heterocycles. The second-order valence-electron chi connectivity index (χ2n) is 5.29. The molecule has 3 N–H and O–H groups in total. The van der Waals surface area contributed by atoms with Crippen molar-refractivity contribution < 1.29 is 0 Å². The van der Waals surface area contributed by atoms with Gasteiger partial charge in [0, 0.05) is 37.8 Å². The van der Waals surface area contributed by atoms with Gasteiger partial charge in [0.1, 0.15) is 0 Å². The minimum Gasteiger partial charge on any atom is -0.350 e. The molecule has 2 aromatic rings. The largest absolute Gasteiger partial charge is 0.350 e. The summed E-state index contributed by atoms with van der Waals surface area (Å²) in [5, 5.41) is 4.97. The predicted octanol–water partition coefficient (Wildman–Crippen LogP) is 2.28. The maximum absolute atomic E-state index is 5.82. The molecule has 0 atom stereocenters. The van der Waals surface area contributed by atoms with Gasteiger partial charge in [-0.05, 0) is 24.0 Å². The molecule has 0 radical (unpaired) electrons. The second-order valence-corrected chi connectivity index (χ2v) is 5.29. The van der Waals surface area contributed by atoms with Gasteiger partial charge in [0.05, 0.1) is 5.52 Å². The molecule has 3 rings (SSSR count). The van der Waals surface area contributed by atoms with Gasteiger partial charge in [0.2, 0.25) is 0 Å². The zero-order chi connectivity index (χ0) is 12.5. The van der Waals surface area contributed by atoms with Gasteiger partial charge in [-0.15, -0.1) is 0 Å². The smallest absolute Gasteiger partial charge is 0.0526 e. The van der Waals surface area contributed by atoms with Crippen molar-refractivity contribution in [1.82, 2.24) is 9.88 Å². The molecule has 1 aromatic heterocycles. The van der Waals surface area contributed by atoms with E-state index in [0.717, 1.165) is 12.6 Å². The lowest BCUT2D eigenvalue weighted by molar-refractivity contribution is 0.338. The van der Waals surface area contributed by atoms with Gasteiger partial charge >= 0.3 is 0 Å². The number of aromatic nitrogens is 1. The number of benzene rings is 1. The first-order chi connectivity index (χ1) is 8.79. The molecule has 96 valence electrons. The van der Waals surface area contributed by atoms with E-state index >= 15 is 0 Å². The molecule has 3 heteroatoms. The molecule has 0 spiro atoms. The number of hydrogen-bond donors (Lipinski definition) is 2. The Hall–Kier alpha value is -1.32. The number of aryl methyl sites for hydroxylation is 1. The monoisotopic (exact) mass is 243 g/mol. The van der Waals surface area contributed by atoms with Crippen molar-refractivity contribution in [2.75, 3.05) is 0 Å². The van der Waals surface area contributed by atoms with Crippen LogP contribution < -0.4 is 11.1 Å². The third-order valence-corrected chi connectivity index (χ3v) is 4.07. The van der Waals surface area contributed by atoms with Crippen LogP contribution in [0.1, 0.15) is 30.4 Å². The summed E-state index contributed by atoms with van der Waals surface area (Å²) in [5.41, 5.74) is 9.71. The lowest BCUT2D eigenvalue weighted by Gasteiger charge is -2.26. The van der Waals surface area contributed by atoms with Gasteiger partial charge in [0.25, 0.3) is 0 Å². The molecule has 3 nitrogen and oxygen atoms in total. The maximum atomic E-state index is 5.82. The summed E-state index contributed by atoms with van der Waals surface area (Å²) in [4.78, 5) is 0. The number of nitrogens with zero attached hydrogens (tertiary/aromatic N) is 1. The van der Waals surface area contributed by atoms with Crippen LogP contribution in [0.3, 0.4) is 0 Å². The average Bonchev–Trinajstić information content (AvgIpc) is 2.65. The number of nitrogens with two attached hydrogens (primary N) is 1. The van der Waals surface area contributed by atoms with Crippen LogP contribution in [0.25, 0.3) is 10.9 Å². The topological polar surface area (TPSA) is 43.0 Å². The number of fused-ring (bicyclic) bond motifs is 1.